The van der Waals surface area contributed by atoms with Gasteiger partial charge in [-0.15, -0.1) is 10.2 Å². The fraction of sp³-hybridized carbons (Fsp3) is 0.647. The summed E-state index contributed by atoms with van der Waals surface area (Å²) in [6, 6.07) is -0.388. The first-order chi connectivity index (χ1) is 14.8. The number of hydrogen-bond acceptors (Lipinski definition) is 10. The van der Waals surface area contributed by atoms with Gasteiger partial charge in [0.1, 0.15) is 18.0 Å². The lowest BCUT2D eigenvalue weighted by atomic mass is 10.2. The molecule has 0 aliphatic carbocycles. The SMILES string of the molecule is COCc1nnc(NS(=O)(=O)C(C)C(OC)c2ncc(Cl)cn2)n1C(COC)COC. The quantitative estimate of drug-likeness (QED) is 0.446. The van der Waals surface area contributed by atoms with Crippen molar-refractivity contribution in [1.82, 2.24) is 24.7 Å². The largest absolute Gasteiger partial charge is 0.382 e. The van der Waals surface area contributed by atoms with Crippen LogP contribution in [0.4, 0.5) is 5.95 Å². The molecule has 0 fully saturated rings. The highest BCUT2D eigenvalue weighted by Crippen LogP contribution is 2.26. The van der Waals surface area contributed by atoms with Crippen LogP contribution in [0.2, 0.25) is 5.02 Å². The van der Waals surface area contributed by atoms with E-state index in [0.717, 1.165) is 0 Å². The van der Waals surface area contributed by atoms with Crippen molar-refractivity contribution in [2.24, 2.45) is 0 Å². The van der Waals surface area contributed by atoms with E-state index in [1.54, 1.807) is 4.57 Å². The lowest BCUT2D eigenvalue weighted by molar-refractivity contribution is 0.0846. The van der Waals surface area contributed by atoms with Gasteiger partial charge in [0, 0.05) is 40.8 Å². The number of rotatable bonds is 13. The van der Waals surface area contributed by atoms with Crippen LogP contribution in [-0.2, 0) is 35.6 Å². The van der Waals surface area contributed by atoms with Crippen molar-refractivity contribution >= 4 is 27.6 Å². The molecule has 0 bridgehead atoms. The second kappa shape index (κ2) is 11.6. The van der Waals surface area contributed by atoms with Gasteiger partial charge in [-0.3, -0.25) is 9.29 Å². The zero-order valence-corrected chi connectivity index (χ0v) is 19.6. The van der Waals surface area contributed by atoms with Crippen molar-refractivity contribution in [3.8, 4) is 0 Å². The monoisotopic (exact) mass is 478 g/mol. The molecule has 2 aromatic rings. The molecule has 2 aromatic heterocycles. The Morgan fingerprint density at radius 3 is 2.19 bits per heavy atom. The van der Waals surface area contributed by atoms with E-state index in [4.69, 9.17) is 30.5 Å². The molecule has 0 spiro atoms. The molecule has 2 atom stereocenters. The standard InChI is InChI=1S/C17H27ClN6O6S/c1-11(15(30-5)16-19-6-12(18)7-20-16)31(25,26)23-17-22-21-14(10-29-4)24(17)13(8-27-2)9-28-3/h6-7,11,13,15H,8-10H2,1-5H3,(H,22,23). The Hall–Kier alpha value is -1.90. The maximum Gasteiger partial charge on any atom is 0.240 e. The van der Waals surface area contributed by atoms with Crippen molar-refractivity contribution in [2.45, 2.75) is 30.9 Å². The minimum absolute atomic E-state index is 0.00452. The summed E-state index contributed by atoms with van der Waals surface area (Å²) < 4.78 is 51.4. The van der Waals surface area contributed by atoms with Gasteiger partial charge in [-0.2, -0.15) is 0 Å². The predicted molar refractivity (Wildman–Crippen MR) is 112 cm³/mol. The van der Waals surface area contributed by atoms with Gasteiger partial charge >= 0.3 is 0 Å². The molecule has 12 nitrogen and oxygen atoms in total. The van der Waals surface area contributed by atoms with Gasteiger partial charge in [0.05, 0.1) is 24.3 Å². The average molecular weight is 479 g/mol. The van der Waals surface area contributed by atoms with Gasteiger partial charge in [0.2, 0.25) is 16.0 Å². The summed E-state index contributed by atoms with van der Waals surface area (Å²) in [5.41, 5.74) is 0. The fourth-order valence-corrected chi connectivity index (χ4v) is 4.18. The first kappa shape index (κ1) is 25.4. The van der Waals surface area contributed by atoms with Crippen LogP contribution in [0.25, 0.3) is 0 Å². The summed E-state index contributed by atoms with van der Waals surface area (Å²) >= 11 is 5.82. The molecule has 0 amide bonds. The number of nitrogens with one attached hydrogen (secondary N) is 1. The molecule has 0 saturated heterocycles. The highest BCUT2D eigenvalue weighted by atomic mass is 35.5. The van der Waals surface area contributed by atoms with Crippen molar-refractivity contribution in [2.75, 3.05) is 46.4 Å². The van der Waals surface area contributed by atoms with Crippen molar-refractivity contribution in [3.05, 3.63) is 29.1 Å². The molecule has 14 heteroatoms. The summed E-state index contributed by atoms with van der Waals surface area (Å²) in [5, 5.41) is 7.30. The molecule has 0 aromatic carbocycles. The molecular formula is C17H27ClN6O6S. The van der Waals surface area contributed by atoms with Gasteiger partial charge < -0.3 is 18.9 Å². The number of sulfonamides is 1. The summed E-state index contributed by atoms with van der Waals surface area (Å²) in [4.78, 5) is 8.14. The second-order valence-electron chi connectivity index (χ2n) is 6.58. The van der Waals surface area contributed by atoms with Crippen LogP contribution in [0, 0.1) is 0 Å². The van der Waals surface area contributed by atoms with Gasteiger partial charge in [-0.05, 0) is 6.92 Å². The van der Waals surface area contributed by atoms with E-state index in [2.05, 4.69) is 24.9 Å². The van der Waals surface area contributed by atoms with Crippen molar-refractivity contribution < 1.29 is 27.4 Å². The number of anilines is 1. The van der Waals surface area contributed by atoms with E-state index in [9.17, 15) is 8.42 Å². The number of halogens is 1. The van der Waals surface area contributed by atoms with Crippen LogP contribution in [0.15, 0.2) is 12.4 Å². The smallest absolute Gasteiger partial charge is 0.240 e. The fourth-order valence-electron chi connectivity index (χ4n) is 2.95. The Kier molecular flexibility index (Phi) is 9.53. The Bertz CT molecular complexity index is 920. The first-order valence-corrected chi connectivity index (χ1v) is 11.1. The lowest BCUT2D eigenvalue weighted by Crippen LogP contribution is -2.34. The zero-order valence-electron chi connectivity index (χ0n) is 18.0. The summed E-state index contributed by atoms with van der Waals surface area (Å²) in [6.45, 7) is 2.08. The predicted octanol–water partition coefficient (Wildman–Crippen LogP) is 1.22. The summed E-state index contributed by atoms with van der Waals surface area (Å²) in [6.07, 6.45) is 1.80. The second-order valence-corrected chi connectivity index (χ2v) is 9.05. The molecular weight excluding hydrogens is 452 g/mol. The highest BCUT2D eigenvalue weighted by Gasteiger charge is 2.34. The average Bonchev–Trinajstić information content (AvgIpc) is 3.11. The van der Waals surface area contributed by atoms with E-state index in [-0.39, 0.29) is 37.6 Å². The lowest BCUT2D eigenvalue weighted by Gasteiger charge is -2.24. The van der Waals surface area contributed by atoms with Crippen LogP contribution in [-0.4, -0.2) is 80.1 Å². The third-order valence-electron chi connectivity index (χ3n) is 4.42. The molecule has 2 heterocycles. The minimum atomic E-state index is -4.00. The third kappa shape index (κ3) is 6.30. The molecule has 0 aliphatic rings. The molecule has 0 aliphatic heterocycles. The number of nitrogens with zero attached hydrogens (tertiary/aromatic N) is 5. The third-order valence-corrected chi connectivity index (χ3v) is 6.31. The van der Waals surface area contributed by atoms with Crippen LogP contribution in [0.3, 0.4) is 0 Å². The van der Waals surface area contributed by atoms with E-state index in [0.29, 0.717) is 10.8 Å². The van der Waals surface area contributed by atoms with Gasteiger partial charge in [0.15, 0.2) is 11.6 Å². The van der Waals surface area contributed by atoms with E-state index in [1.807, 2.05) is 0 Å². The Balaban J connectivity index is 2.37. The van der Waals surface area contributed by atoms with E-state index < -0.39 is 21.4 Å². The maximum absolute atomic E-state index is 13.2. The van der Waals surface area contributed by atoms with Crippen molar-refractivity contribution in [3.63, 3.8) is 0 Å². The molecule has 2 rings (SSSR count). The first-order valence-electron chi connectivity index (χ1n) is 9.21. The zero-order chi connectivity index (χ0) is 23.0. The highest BCUT2D eigenvalue weighted by molar-refractivity contribution is 7.93. The number of aromatic nitrogens is 5. The number of hydrogen-bond donors (Lipinski definition) is 1. The normalized spacial score (nSPS) is 14.0. The van der Waals surface area contributed by atoms with Gasteiger partial charge in [0.25, 0.3) is 0 Å². The van der Waals surface area contributed by atoms with Crippen LogP contribution < -0.4 is 4.72 Å². The van der Waals surface area contributed by atoms with Crippen LogP contribution in [0.5, 0.6) is 0 Å². The molecule has 2 unspecified atom stereocenters. The van der Waals surface area contributed by atoms with Crippen LogP contribution >= 0.6 is 11.6 Å². The molecule has 31 heavy (non-hydrogen) atoms. The van der Waals surface area contributed by atoms with E-state index >= 15 is 0 Å². The van der Waals surface area contributed by atoms with Gasteiger partial charge in [-0.1, -0.05) is 11.6 Å². The topological polar surface area (TPSA) is 140 Å². The molecule has 0 radical (unpaired) electrons. The Labute approximate surface area is 186 Å². The molecule has 0 saturated carbocycles. The Morgan fingerprint density at radius 1 is 1.06 bits per heavy atom. The maximum atomic E-state index is 13.2. The number of ether oxygens (including phenoxy) is 4. The summed E-state index contributed by atoms with van der Waals surface area (Å²) in [5.74, 6) is 0.601. The van der Waals surface area contributed by atoms with Crippen molar-refractivity contribution in [1.29, 1.82) is 0 Å². The summed E-state index contributed by atoms with van der Waals surface area (Å²) in [7, 11) is 1.94. The number of methoxy groups -OCH3 is 4. The van der Waals surface area contributed by atoms with E-state index in [1.165, 1.54) is 47.8 Å². The van der Waals surface area contributed by atoms with Gasteiger partial charge in [-0.25, -0.2) is 18.4 Å². The minimum Gasteiger partial charge on any atom is -0.382 e. The molecule has 174 valence electrons. The molecule has 1 N–H and O–H groups in total. The van der Waals surface area contributed by atoms with Crippen LogP contribution in [0.1, 0.15) is 30.7 Å². The Morgan fingerprint density at radius 2 is 1.68 bits per heavy atom.